The van der Waals surface area contributed by atoms with Gasteiger partial charge in [0, 0.05) is 26.6 Å². The third-order valence-corrected chi connectivity index (χ3v) is 6.52. The summed E-state index contributed by atoms with van der Waals surface area (Å²) in [4.78, 5) is 26.7. The number of nitrogens with one attached hydrogen (secondary N) is 1. The summed E-state index contributed by atoms with van der Waals surface area (Å²) in [5, 5.41) is 2.54. The van der Waals surface area contributed by atoms with Crippen molar-refractivity contribution in [3.05, 3.63) is 65.0 Å². The van der Waals surface area contributed by atoms with Gasteiger partial charge in [0.15, 0.2) is 0 Å². The van der Waals surface area contributed by atoms with Gasteiger partial charge in [0.1, 0.15) is 11.9 Å². The topological polar surface area (TPSA) is 86.8 Å². The monoisotopic (exact) mass is 477 g/mol. The van der Waals surface area contributed by atoms with Gasteiger partial charge < -0.3 is 10.2 Å². The van der Waals surface area contributed by atoms with Crippen molar-refractivity contribution in [2.45, 2.75) is 46.2 Å². The summed E-state index contributed by atoms with van der Waals surface area (Å²) in [6, 6.07) is 10.6. The summed E-state index contributed by atoms with van der Waals surface area (Å²) in [5.74, 6) is -0.994. The Labute approximate surface area is 195 Å². The Hall–Kier alpha value is -2.94. The number of halogens is 1. The summed E-state index contributed by atoms with van der Waals surface area (Å²) in [6.45, 7) is 5.69. The van der Waals surface area contributed by atoms with E-state index in [9.17, 15) is 22.4 Å². The number of likely N-dealkylation sites (N-methyl/N-ethyl adjacent to an activating group) is 1. The van der Waals surface area contributed by atoms with Crippen LogP contribution in [0.3, 0.4) is 0 Å². The number of aryl methyl sites for hydroxylation is 2. The fourth-order valence-corrected chi connectivity index (χ4v) is 4.63. The Bertz CT molecular complexity index is 1070. The third kappa shape index (κ3) is 7.56. The zero-order valence-electron chi connectivity index (χ0n) is 19.8. The average molecular weight is 478 g/mol. The minimum atomic E-state index is -3.55. The van der Waals surface area contributed by atoms with Crippen LogP contribution >= 0.6 is 0 Å². The third-order valence-electron chi connectivity index (χ3n) is 5.33. The zero-order valence-corrected chi connectivity index (χ0v) is 20.6. The molecule has 2 amide bonds. The highest BCUT2D eigenvalue weighted by molar-refractivity contribution is 7.92. The van der Waals surface area contributed by atoms with Gasteiger partial charge in [-0.2, -0.15) is 0 Å². The smallest absolute Gasteiger partial charge is 0.242 e. The maximum atomic E-state index is 13.3. The minimum Gasteiger partial charge on any atom is -0.357 e. The number of carbonyl (C=O) groups excluding carboxylic acids is 2. The normalized spacial score (nSPS) is 12.2. The SMILES string of the molecule is CNC(=O)[C@@H](C)N(Cc1ccc(F)cc1)C(=O)CCCN(c1cc(C)cc(C)c1)S(C)(=O)=O. The molecule has 0 radical (unpaired) electrons. The van der Waals surface area contributed by atoms with E-state index in [0.717, 1.165) is 17.4 Å². The van der Waals surface area contributed by atoms with Gasteiger partial charge in [-0.15, -0.1) is 0 Å². The number of hydrogen-bond acceptors (Lipinski definition) is 4. The molecule has 2 rings (SSSR count). The summed E-state index contributed by atoms with van der Waals surface area (Å²) in [7, 11) is -2.05. The summed E-state index contributed by atoms with van der Waals surface area (Å²) in [6.07, 6.45) is 1.47. The lowest BCUT2D eigenvalue weighted by atomic mass is 10.1. The Balaban J connectivity index is 2.16. The predicted molar refractivity (Wildman–Crippen MR) is 128 cm³/mol. The molecule has 0 aliphatic heterocycles. The van der Waals surface area contributed by atoms with E-state index < -0.39 is 16.1 Å². The molecule has 0 unspecified atom stereocenters. The van der Waals surface area contributed by atoms with Crippen molar-refractivity contribution in [3.8, 4) is 0 Å². The summed E-state index contributed by atoms with van der Waals surface area (Å²) < 4.78 is 39.4. The molecule has 0 bridgehead atoms. The lowest BCUT2D eigenvalue weighted by Gasteiger charge is -2.29. The van der Waals surface area contributed by atoms with E-state index in [4.69, 9.17) is 0 Å². The van der Waals surface area contributed by atoms with Crippen LogP contribution in [0, 0.1) is 19.7 Å². The highest BCUT2D eigenvalue weighted by Crippen LogP contribution is 2.22. The molecule has 0 saturated carbocycles. The quantitative estimate of drug-likeness (QED) is 0.570. The molecule has 33 heavy (non-hydrogen) atoms. The van der Waals surface area contributed by atoms with Gasteiger partial charge in [-0.3, -0.25) is 13.9 Å². The van der Waals surface area contributed by atoms with Crippen molar-refractivity contribution in [2.75, 3.05) is 24.2 Å². The van der Waals surface area contributed by atoms with Gasteiger partial charge in [-0.05, 0) is 68.1 Å². The highest BCUT2D eigenvalue weighted by atomic mass is 32.2. The molecule has 2 aromatic rings. The second kappa shape index (κ2) is 11.3. The molecule has 9 heteroatoms. The lowest BCUT2D eigenvalue weighted by molar-refractivity contribution is -0.140. The molecule has 0 saturated heterocycles. The lowest BCUT2D eigenvalue weighted by Crippen LogP contribution is -2.46. The van der Waals surface area contributed by atoms with Crippen molar-refractivity contribution >= 4 is 27.5 Å². The van der Waals surface area contributed by atoms with E-state index >= 15 is 0 Å². The van der Waals surface area contributed by atoms with E-state index in [0.29, 0.717) is 11.3 Å². The largest absolute Gasteiger partial charge is 0.357 e. The van der Waals surface area contributed by atoms with Crippen molar-refractivity contribution in [3.63, 3.8) is 0 Å². The molecule has 7 nitrogen and oxygen atoms in total. The number of nitrogens with zero attached hydrogens (tertiary/aromatic N) is 2. The first-order chi connectivity index (χ1) is 15.4. The van der Waals surface area contributed by atoms with E-state index in [-0.39, 0.29) is 43.6 Å². The number of benzene rings is 2. The fraction of sp³-hybridized carbons (Fsp3) is 0.417. The maximum absolute atomic E-state index is 13.3. The molecule has 0 aliphatic rings. The molecule has 0 fully saturated rings. The van der Waals surface area contributed by atoms with Crippen LogP contribution in [0.1, 0.15) is 36.5 Å². The molecule has 180 valence electrons. The number of rotatable bonds is 10. The second-order valence-electron chi connectivity index (χ2n) is 8.22. The van der Waals surface area contributed by atoms with Crippen molar-refractivity contribution < 1.29 is 22.4 Å². The predicted octanol–water partition coefficient (Wildman–Crippen LogP) is 3.15. The number of amides is 2. The number of carbonyl (C=O) groups is 2. The summed E-state index contributed by atoms with van der Waals surface area (Å²) in [5.41, 5.74) is 3.14. The molecule has 1 atom stereocenters. The van der Waals surface area contributed by atoms with Crippen LogP contribution in [0.2, 0.25) is 0 Å². The molecule has 2 aromatic carbocycles. The highest BCUT2D eigenvalue weighted by Gasteiger charge is 2.26. The molecule has 0 spiro atoms. The van der Waals surface area contributed by atoms with Gasteiger partial charge in [0.05, 0.1) is 11.9 Å². The number of hydrogen-bond donors (Lipinski definition) is 1. The molecule has 0 heterocycles. The van der Waals surface area contributed by atoms with E-state index in [1.165, 1.54) is 28.4 Å². The van der Waals surface area contributed by atoms with Crippen molar-refractivity contribution in [1.29, 1.82) is 0 Å². The van der Waals surface area contributed by atoms with Gasteiger partial charge in [0.25, 0.3) is 0 Å². The van der Waals surface area contributed by atoms with Crippen molar-refractivity contribution in [2.24, 2.45) is 0 Å². The van der Waals surface area contributed by atoms with E-state index in [1.807, 2.05) is 19.9 Å². The van der Waals surface area contributed by atoms with Crippen LogP contribution in [0.25, 0.3) is 0 Å². The molecule has 0 aliphatic carbocycles. The standard InChI is InChI=1S/C24H32FN3O4S/c1-17-13-18(2)15-22(14-17)28(33(5,31)32)12-6-7-23(29)27(19(3)24(30)26-4)16-20-8-10-21(25)11-9-20/h8-11,13-15,19H,6-7,12,16H2,1-5H3,(H,26,30)/t19-/m1/s1. The van der Waals surface area contributed by atoms with Crippen molar-refractivity contribution in [1.82, 2.24) is 10.2 Å². The Kier molecular flexibility index (Phi) is 8.99. The van der Waals surface area contributed by atoms with Crippen LogP contribution < -0.4 is 9.62 Å². The van der Waals surface area contributed by atoms with Crippen LogP contribution in [-0.2, 0) is 26.2 Å². The van der Waals surface area contributed by atoms with E-state index in [1.54, 1.807) is 31.2 Å². The van der Waals surface area contributed by atoms with Gasteiger partial charge in [-0.25, -0.2) is 12.8 Å². The zero-order chi connectivity index (χ0) is 24.8. The maximum Gasteiger partial charge on any atom is 0.242 e. The van der Waals surface area contributed by atoms with Crippen LogP contribution in [-0.4, -0.2) is 51.0 Å². The number of sulfonamides is 1. The average Bonchev–Trinajstić information content (AvgIpc) is 2.73. The van der Waals surface area contributed by atoms with Crippen LogP contribution in [0.4, 0.5) is 10.1 Å². The molecular formula is C24H32FN3O4S. The van der Waals surface area contributed by atoms with Gasteiger partial charge in [0.2, 0.25) is 21.8 Å². The van der Waals surface area contributed by atoms with Crippen LogP contribution in [0.5, 0.6) is 0 Å². The van der Waals surface area contributed by atoms with Gasteiger partial charge in [-0.1, -0.05) is 18.2 Å². The second-order valence-corrected chi connectivity index (χ2v) is 10.1. The summed E-state index contributed by atoms with van der Waals surface area (Å²) >= 11 is 0. The first-order valence-electron chi connectivity index (χ1n) is 10.7. The first kappa shape index (κ1) is 26.3. The van der Waals surface area contributed by atoms with Crippen LogP contribution in [0.15, 0.2) is 42.5 Å². The molecule has 0 aromatic heterocycles. The fourth-order valence-electron chi connectivity index (χ4n) is 3.68. The Morgan fingerprint density at radius 1 is 1.06 bits per heavy atom. The first-order valence-corrected chi connectivity index (χ1v) is 12.6. The number of anilines is 1. The Morgan fingerprint density at radius 2 is 1.64 bits per heavy atom. The minimum absolute atomic E-state index is 0.0549. The molecular weight excluding hydrogens is 445 g/mol. The van der Waals surface area contributed by atoms with E-state index in [2.05, 4.69) is 5.32 Å². The van der Waals surface area contributed by atoms with Gasteiger partial charge >= 0.3 is 0 Å². The Morgan fingerprint density at radius 3 is 2.15 bits per heavy atom. The molecule has 1 N–H and O–H groups in total.